The van der Waals surface area contributed by atoms with Gasteiger partial charge in [0.2, 0.25) is 0 Å². The van der Waals surface area contributed by atoms with Gasteiger partial charge in [-0.25, -0.2) is 4.98 Å². The molecule has 4 heteroatoms. The predicted molar refractivity (Wildman–Crippen MR) is 73.3 cm³/mol. The highest BCUT2D eigenvalue weighted by atomic mass is 32.1. The summed E-state index contributed by atoms with van der Waals surface area (Å²) < 4.78 is 0. The van der Waals surface area contributed by atoms with E-state index in [-0.39, 0.29) is 5.41 Å². The number of nitrogens with zero attached hydrogens (tertiary/aromatic N) is 2. The zero-order chi connectivity index (χ0) is 12.5. The first kappa shape index (κ1) is 13.0. The van der Waals surface area contributed by atoms with Crippen LogP contribution in [0.1, 0.15) is 43.5 Å². The van der Waals surface area contributed by atoms with Crippen molar-refractivity contribution in [3.05, 3.63) is 16.1 Å². The molecule has 1 aliphatic heterocycles. The van der Waals surface area contributed by atoms with E-state index < -0.39 is 0 Å². The van der Waals surface area contributed by atoms with E-state index in [1.54, 1.807) is 0 Å². The van der Waals surface area contributed by atoms with Gasteiger partial charge in [0.1, 0.15) is 5.01 Å². The zero-order valence-corrected chi connectivity index (χ0v) is 11.9. The van der Waals surface area contributed by atoms with Crippen LogP contribution in [0.5, 0.6) is 0 Å². The van der Waals surface area contributed by atoms with Crippen molar-refractivity contribution in [3.63, 3.8) is 0 Å². The van der Waals surface area contributed by atoms with Gasteiger partial charge in [0.15, 0.2) is 0 Å². The van der Waals surface area contributed by atoms with Gasteiger partial charge in [-0.15, -0.1) is 11.3 Å². The molecule has 1 aromatic heterocycles. The molecule has 2 N–H and O–H groups in total. The molecule has 0 aliphatic carbocycles. The van der Waals surface area contributed by atoms with E-state index in [0.29, 0.717) is 6.04 Å². The first-order chi connectivity index (χ1) is 8.00. The number of aromatic nitrogens is 1. The fourth-order valence-corrected chi connectivity index (χ4v) is 3.28. The van der Waals surface area contributed by atoms with Crippen molar-refractivity contribution in [1.82, 2.24) is 9.88 Å². The normalized spacial score (nSPS) is 22.2. The van der Waals surface area contributed by atoms with E-state index in [1.807, 2.05) is 17.5 Å². The SMILES string of the molecule is CC(C)(C)c1cnc(CN2CCCC2CN)s1. The van der Waals surface area contributed by atoms with Gasteiger partial charge >= 0.3 is 0 Å². The van der Waals surface area contributed by atoms with Crippen LogP contribution in [0.15, 0.2) is 6.20 Å². The zero-order valence-electron chi connectivity index (χ0n) is 11.1. The molecule has 0 aromatic carbocycles. The topological polar surface area (TPSA) is 42.2 Å². The Bertz CT molecular complexity index is 367. The molecule has 2 rings (SSSR count). The lowest BCUT2D eigenvalue weighted by molar-refractivity contribution is 0.250. The number of rotatable bonds is 3. The molecule has 1 fully saturated rings. The fourth-order valence-electron chi connectivity index (χ4n) is 2.27. The Morgan fingerprint density at radius 1 is 1.53 bits per heavy atom. The van der Waals surface area contributed by atoms with Gasteiger partial charge in [0.25, 0.3) is 0 Å². The Balaban J connectivity index is 2.02. The molecule has 3 nitrogen and oxygen atoms in total. The van der Waals surface area contributed by atoms with Crippen molar-refractivity contribution >= 4 is 11.3 Å². The third-order valence-electron chi connectivity index (χ3n) is 3.40. The Morgan fingerprint density at radius 3 is 2.88 bits per heavy atom. The monoisotopic (exact) mass is 253 g/mol. The van der Waals surface area contributed by atoms with Crippen LogP contribution in [0.3, 0.4) is 0 Å². The Hall–Kier alpha value is -0.450. The molecule has 0 radical (unpaired) electrons. The lowest BCUT2D eigenvalue weighted by Gasteiger charge is -2.21. The minimum Gasteiger partial charge on any atom is -0.329 e. The maximum atomic E-state index is 5.79. The molecule has 1 saturated heterocycles. The smallest absolute Gasteiger partial charge is 0.107 e. The maximum Gasteiger partial charge on any atom is 0.107 e. The summed E-state index contributed by atoms with van der Waals surface area (Å²) >= 11 is 1.85. The quantitative estimate of drug-likeness (QED) is 0.899. The largest absolute Gasteiger partial charge is 0.329 e. The van der Waals surface area contributed by atoms with Gasteiger partial charge in [0, 0.05) is 23.7 Å². The summed E-state index contributed by atoms with van der Waals surface area (Å²) in [5.74, 6) is 0. The maximum absolute atomic E-state index is 5.79. The summed E-state index contributed by atoms with van der Waals surface area (Å²) in [6.45, 7) is 9.64. The number of hydrogen-bond acceptors (Lipinski definition) is 4. The number of nitrogens with two attached hydrogens (primary N) is 1. The molecule has 96 valence electrons. The minimum atomic E-state index is 0.216. The Morgan fingerprint density at radius 2 is 2.29 bits per heavy atom. The number of hydrogen-bond donors (Lipinski definition) is 1. The Kier molecular flexibility index (Phi) is 3.85. The van der Waals surface area contributed by atoms with Crippen molar-refractivity contribution in [2.75, 3.05) is 13.1 Å². The van der Waals surface area contributed by atoms with Gasteiger partial charge in [-0.2, -0.15) is 0 Å². The lowest BCUT2D eigenvalue weighted by atomic mass is 9.96. The predicted octanol–water partition coefficient (Wildman–Crippen LogP) is 2.36. The van der Waals surface area contributed by atoms with Crippen LogP contribution < -0.4 is 5.73 Å². The molecule has 0 spiro atoms. The second-order valence-corrected chi connectivity index (χ2v) is 6.99. The van der Waals surface area contributed by atoms with Gasteiger partial charge in [-0.1, -0.05) is 20.8 Å². The van der Waals surface area contributed by atoms with Crippen LogP contribution in [0.25, 0.3) is 0 Å². The van der Waals surface area contributed by atoms with Crippen LogP contribution in [0.2, 0.25) is 0 Å². The minimum absolute atomic E-state index is 0.216. The highest BCUT2D eigenvalue weighted by Gasteiger charge is 2.24. The van der Waals surface area contributed by atoms with Crippen molar-refractivity contribution in [3.8, 4) is 0 Å². The molecule has 0 amide bonds. The summed E-state index contributed by atoms with van der Waals surface area (Å²) in [6.07, 6.45) is 4.56. The van der Waals surface area contributed by atoms with Crippen molar-refractivity contribution in [2.24, 2.45) is 5.73 Å². The first-order valence-corrected chi connectivity index (χ1v) is 7.21. The molecule has 1 aliphatic rings. The van der Waals surface area contributed by atoms with E-state index in [0.717, 1.165) is 13.1 Å². The molecule has 1 unspecified atom stereocenters. The third-order valence-corrected chi connectivity index (χ3v) is 4.81. The van der Waals surface area contributed by atoms with E-state index in [2.05, 4.69) is 30.7 Å². The molecule has 1 atom stereocenters. The molecule has 17 heavy (non-hydrogen) atoms. The molecular formula is C13H23N3S. The number of thiazole rings is 1. The summed E-state index contributed by atoms with van der Waals surface area (Å²) in [5.41, 5.74) is 6.01. The van der Waals surface area contributed by atoms with Crippen LogP contribution >= 0.6 is 11.3 Å². The highest BCUT2D eigenvalue weighted by Crippen LogP contribution is 2.29. The standard InChI is InChI=1S/C13H23N3S/c1-13(2,3)11-8-15-12(17-11)9-16-6-4-5-10(16)7-14/h8,10H,4-7,9,14H2,1-3H3. The summed E-state index contributed by atoms with van der Waals surface area (Å²) in [6, 6.07) is 0.567. The van der Waals surface area contributed by atoms with Crippen LogP contribution in [0.4, 0.5) is 0 Å². The van der Waals surface area contributed by atoms with E-state index >= 15 is 0 Å². The fraction of sp³-hybridized carbons (Fsp3) is 0.769. The summed E-state index contributed by atoms with van der Waals surface area (Å²) in [7, 11) is 0. The van der Waals surface area contributed by atoms with Gasteiger partial charge in [0.05, 0.1) is 6.54 Å². The molecule has 0 saturated carbocycles. The van der Waals surface area contributed by atoms with E-state index in [4.69, 9.17) is 5.73 Å². The average Bonchev–Trinajstić information content (AvgIpc) is 2.86. The van der Waals surface area contributed by atoms with E-state index in [9.17, 15) is 0 Å². The van der Waals surface area contributed by atoms with Gasteiger partial charge in [-0.3, -0.25) is 4.90 Å². The van der Waals surface area contributed by atoms with Crippen LogP contribution in [-0.2, 0) is 12.0 Å². The first-order valence-electron chi connectivity index (χ1n) is 6.40. The second kappa shape index (κ2) is 5.04. The summed E-state index contributed by atoms with van der Waals surface area (Å²) in [4.78, 5) is 8.40. The van der Waals surface area contributed by atoms with Crippen molar-refractivity contribution < 1.29 is 0 Å². The summed E-state index contributed by atoms with van der Waals surface area (Å²) in [5, 5.41) is 1.23. The Labute approximate surface area is 108 Å². The molecule has 2 heterocycles. The highest BCUT2D eigenvalue weighted by molar-refractivity contribution is 7.11. The van der Waals surface area contributed by atoms with E-state index in [1.165, 1.54) is 29.3 Å². The van der Waals surface area contributed by atoms with Crippen molar-refractivity contribution in [1.29, 1.82) is 0 Å². The number of likely N-dealkylation sites (tertiary alicyclic amines) is 1. The molecule has 0 bridgehead atoms. The van der Waals surface area contributed by atoms with Gasteiger partial charge in [-0.05, 0) is 24.8 Å². The van der Waals surface area contributed by atoms with Gasteiger partial charge < -0.3 is 5.73 Å². The van der Waals surface area contributed by atoms with Crippen LogP contribution in [-0.4, -0.2) is 29.0 Å². The molecule has 1 aromatic rings. The van der Waals surface area contributed by atoms with Crippen LogP contribution in [0, 0.1) is 0 Å². The van der Waals surface area contributed by atoms with Crippen molar-refractivity contribution in [2.45, 2.75) is 51.6 Å². The molecular weight excluding hydrogens is 230 g/mol. The third kappa shape index (κ3) is 3.06. The average molecular weight is 253 g/mol. The second-order valence-electron chi connectivity index (χ2n) is 5.87. The lowest BCUT2D eigenvalue weighted by Crippen LogP contribution is -2.34.